The molecule has 5 heteroatoms. The molecule has 0 spiro atoms. The van der Waals surface area contributed by atoms with Crippen molar-refractivity contribution in [3.05, 3.63) is 34.9 Å². The fourth-order valence-corrected chi connectivity index (χ4v) is 1.87. The Morgan fingerprint density at radius 1 is 1.39 bits per heavy atom. The van der Waals surface area contributed by atoms with Crippen molar-refractivity contribution in [2.45, 2.75) is 25.9 Å². The molecule has 0 aromatic heterocycles. The van der Waals surface area contributed by atoms with Gasteiger partial charge >= 0.3 is 5.97 Å². The molecule has 0 aliphatic heterocycles. The number of aliphatic carboxylic acids is 1. The molecule has 18 heavy (non-hydrogen) atoms. The molecule has 98 valence electrons. The van der Waals surface area contributed by atoms with Gasteiger partial charge in [0.05, 0.1) is 0 Å². The summed E-state index contributed by atoms with van der Waals surface area (Å²) in [5.41, 5.74) is 1.47. The first-order valence-electron chi connectivity index (χ1n) is 5.64. The second kappa shape index (κ2) is 6.52. The van der Waals surface area contributed by atoms with Gasteiger partial charge in [0.2, 0.25) is 0 Å². The van der Waals surface area contributed by atoms with Gasteiger partial charge in [-0.25, -0.2) is 4.79 Å². The SMILES string of the molecule is CCc1ccc(C(O)C(=O)O)cc1C(=O)CCCl. The number of carbonyl (C=O) groups excluding carboxylic acids is 1. The smallest absolute Gasteiger partial charge is 0.337 e. The molecule has 0 amide bonds. The van der Waals surface area contributed by atoms with E-state index in [4.69, 9.17) is 16.7 Å². The minimum atomic E-state index is -1.61. The van der Waals surface area contributed by atoms with E-state index >= 15 is 0 Å². The molecule has 1 atom stereocenters. The Hall–Kier alpha value is -1.39. The molecule has 1 aromatic carbocycles. The molecule has 0 fully saturated rings. The van der Waals surface area contributed by atoms with Crippen molar-refractivity contribution in [1.82, 2.24) is 0 Å². The number of carbonyl (C=O) groups is 2. The van der Waals surface area contributed by atoms with E-state index in [0.717, 1.165) is 5.56 Å². The number of aliphatic hydroxyl groups is 1. The number of halogens is 1. The molecule has 0 bridgehead atoms. The van der Waals surface area contributed by atoms with Gasteiger partial charge in [-0.2, -0.15) is 0 Å². The number of alkyl halides is 1. The summed E-state index contributed by atoms with van der Waals surface area (Å²) < 4.78 is 0. The normalized spacial score (nSPS) is 12.2. The zero-order chi connectivity index (χ0) is 13.7. The van der Waals surface area contributed by atoms with E-state index in [0.29, 0.717) is 12.0 Å². The topological polar surface area (TPSA) is 74.6 Å². The summed E-state index contributed by atoms with van der Waals surface area (Å²) in [5.74, 6) is -1.26. The van der Waals surface area contributed by atoms with E-state index in [1.54, 1.807) is 6.07 Å². The molecular formula is C13H15ClO4. The van der Waals surface area contributed by atoms with Crippen molar-refractivity contribution >= 4 is 23.4 Å². The number of ketones is 1. The van der Waals surface area contributed by atoms with Gasteiger partial charge in [-0.1, -0.05) is 19.1 Å². The van der Waals surface area contributed by atoms with Crippen LogP contribution in [0, 0.1) is 0 Å². The second-order valence-electron chi connectivity index (χ2n) is 3.87. The van der Waals surface area contributed by atoms with Crippen molar-refractivity contribution in [3.63, 3.8) is 0 Å². The fourth-order valence-electron chi connectivity index (χ4n) is 1.70. The van der Waals surface area contributed by atoms with Gasteiger partial charge in [-0.15, -0.1) is 11.6 Å². The summed E-state index contributed by atoms with van der Waals surface area (Å²) >= 11 is 5.53. The Balaban J connectivity index is 3.17. The first-order valence-corrected chi connectivity index (χ1v) is 6.17. The quantitative estimate of drug-likeness (QED) is 0.614. The van der Waals surface area contributed by atoms with Crippen LogP contribution in [-0.4, -0.2) is 27.8 Å². The first-order chi connectivity index (χ1) is 8.51. The molecule has 2 N–H and O–H groups in total. The summed E-state index contributed by atoms with van der Waals surface area (Å²) in [5, 5.41) is 18.2. The average molecular weight is 271 g/mol. The number of rotatable bonds is 6. The van der Waals surface area contributed by atoms with Crippen LogP contribution >= 0.6 is 11.6 Å². The molecule has 0 aliphatic rings. The molecule has 0 heterocycles. The van der Waals surface area contributed by atoms with Crippen molar-refractivity contribution in [2.75, 3.05) is 5.88 Å². The number of carboxylic acid groups (broad SMARTS) is 1. The third-order valence-corrected chi connectivity index (χ3v) is 2.88. The van der Waals surface area contributed by atoms with E-state index in [1.165, 1.54) is 12.1 Å². The van der Waals surface area contributed by atoms with E-state index in [-0.39, 0.29) is 23.6 Å². The van der Waals surface area contributed by atoms with Crippen LogP contribution in [0.25, 0.3) is 0 Å². The molecule has 1 rings (SSSR count). The van der Waals surface area contributed by atoms with Crippen molar-refractivity contribution in [2.24, 2.45) is 0 Å². The third kappa shape index (κ3) is 3.31. The lowest BCUT2D eigenvalue weighted by Gasteiger charge is -2.11. The van der Waals surface area contributed by atoms with Crippen LogP contribution in [0.3, 0.4) is 0 Å². The first kappa shape index (κ1) is 14.7. The van der Waals surface area contributed by atoms with Gasteiger partial charge in [0.1, 0.15) is 0 Å². The Bertz CT molecular complexity index is 456. The standard InChI is InChI=1S/C13H15ClO4/c1-2-8-3-4-9(12(16)13(17)18)7-10(8)11(15)5-6-14/h3-4,7,12,16H,2,5-6H2,1H3,(H,17,18). The van der Waals surface area contributed by atoms with Crippen LogP contribution in [-0.2, 0) is 11.2 Å². The van der Waals surface area contributed by atoms with E-state index in [1.807, 2.05) is 6.92 Å². The highest BCUT2D eigenvalue weighted by atomic mass is 35.5. The highest BCUT2D eigenvalue weighted by Crippen LogP contribution is 2.20. The lowest BCUT2D eigenvalue weighted by molar-refractivity contribution is -0.146. The highest BCUT2D eigenvalue weighted by Gasteiger charge is 2.19. The molecular weight excluding hydrogens is 256 g/mol. The molecule has 0 radical (unpaired) electrons. The van der Waals surface area contributed by atoms with Gasteiger partial charge in [0.15, 0.2) is 11.9 Å². The Morgan fingerprint density at radius 2 is 2.06 bits per heavy atom. The molecule has 1 unspecified atom stereocenters. The van der Waals surface area contributed by atoms with Crippen molar-refractivity contribution in [3.8, 4) is 0 Å². The Kier molecular flexibility index (Phi) is 5.31. The predicted molar refractivity (Wildman–Crippen MR) is 68.1 cm³/mol. The minimum Gasteiger partial charge on any atom is -0.479 e. The highest BCUT2D eigenvalue weighted by molar-refractivity contribution is 6.19. The minimum absolute atomic E-state index is 0.138. The summed E-state index contributed by atoms with van der Waals surface area (Å²) in [6.07, 6.45) is -0.757. The maximum atomic E-state index is 11.9. The monoisotopic (exact) mass is 270 g/mol. The number of Topliss-reactive ketones (excluding diaryl/α,β-unsaturated/α-hetero) is 1. The lowest BCUT2D eigenvalue weighted by atomic mass is 9.95. The van der Waals surface area contributed by atoms with Gasteiger partial charge in [0, 0.05) is 17.9 Å². The second-order valence-corrected chi connectivity index (χ2v) is 4.25. The average Bonchev–Trinajstić information content (AvgIpc) is 2.37. The number of hydrogen-bond acceptors (Lipinski definition) is 3. The summed E-state index contributed by atoms with van der Waals surface area (Å²) in [7, 11) is 0. The maximum absolute atomic E-state index is 11.9. The van der Waals surface area contributed by atoms with Crippen LogP contribution in [0.2, 0.25) is 0 Å². The Labute approximate surface area is 110 Å². The molecule has 1 aromatic rings. The summed E-state index contributed by atoms with van der Waals surface area (Å²) in [6.45, 7) is 1.90. The zero-order valence-electron chi connectivity index (χ0n) is 10.0. The predicted octanol–water partition coefficient (Wildman–Crippen LogP) is 2.18. The summed E-state index contributed by atoms with van der Waals surface area (Å²) in [4.78, 5) is 22.6. The number of hydrogen-bond donors (Lipinski definition) is 2. The number of aliphatic hydroxyl groups excluding tert-OH is 1. The molecule has 0 saturated carbocycles. The third-order valence-electron chi connectivity index (χ3n) is 2.69. The van der Waals surface area contributed by atoms with Gasteiger partial charge in [-0.05, 0) is 23.6 Å². The lowest BCUT2D eigenvalue weighted by Crippen LogP contribution is -2.12. The van der Waals surface area contributed by atoms with E-state index in [9.17, 15) is 14.7 Å². The maximum Gasteiger partial charge on any atom is 0.337 e. The van der Waals surface area contributed by atoms with Crippen LogP contribution in [0.4, 0.5) is 0 Å². The van der Waals surface area contributed by atoms with Crippen LogP contribution in [0.1, 0.15) is 40.9 Å². The van der Waals surface area contributed by atoms with Gasteiger partial charge < -0.3 is 10.2 Å². The number of aryl methyl sites for hydroxylation is 1. The molecule has 0 aliphatic carbocycles. The van der Waals surface area contributed by atoms with E-state index in [2.05, 4.69) is 0 Å². The fraction of sp³-hybridized carbons (Fsp3) is 0.385. The number of carboxylic acids is 1. The van der Waals surface area contributed by atoms with Crippen LogP contribution in [0.15, 0.2) is 18.2 Å². The van der Waals surface area contributed by atoms with Gasteiger partial charge in [-0.3, -0.25) is 4.79 Å². The van der Waals surface area contributed by atoms with E-state index < -0.39 is 12.1 Å². The van der Waals surface area contributed by atoms with Crippen molar-refractivity contribution in [1.29, 1.82) is 0 Å². The van der Waals surface area contributed by atoms with Crippen molar-refractivity contribution < 1.29 is 19.8 Å². The van der Waals surface area contributed by atoms with Crippen LogP contribution < -0.4 is 0 Å². The zero-order valence-corrected chi connectivity index (χ0v) is 10.8. The molecule has 4 nitrogen and oxygen atoms in total. The molecule has 0 saturated heterocycles. The van der Waals surface area contributed by atoms with Crippen LogP contribution in [0.5, 0.6) is 0 Å². The Morgan fingerprint density at radius 3 is 2.56 bits per heavy atom. The largest absolute Gasteiger partial charge is 0.479 e. The summed E-state index contributed by atoms with van der Waals surface area (Å²) in [6, 6.07) is 4.63. The van der Waals surface area contributed by atoms with Gasteiger partial charge in [0.25, 0.3) is 0 Å². The number of benzene rings is 1.